The highest BCUT2D eigenvalue weighted by Gasteiger charge is 2.04. The fraction of sp³-hybridized carbons (Fsp3) is 0.0526. The van der Waals surface area contributed by atoms with Crippen molar-refractivity contribution in [3.63, 3.8) is 0 Å². The van der Waals surface area contributed by atoms with Crippen LogP contribution in [-0.4, -0.2) is 9.55 Å². The first-order valence-electron chi connectivity index (χ1n) is 7.17. The third-order valence-electron chi connectivity index (χ3n) is 3.51. The average Bonchev–Trinajstić information content (AvgIpc) is 3.09. The van der Waals surface area contributed by atoms with Crippen LogP contribution in [0.5, 0.6) is 0 Å². The van der Waals surface area contributed by atoms with Gasteiger partial charge in [0.2, 0.25) is 0 Å². The smallest absolute Gasteiger partial charge is 0.123 e. The second kappa shape index (κ2) is 6.71. The summed E-state index contributed by atoms with van der Waals surface area (Å²) < 4.78 is 15.0. The molecule has 0 fully saturated rings. The van der Waals surface area contributed by atoms with Gasteiger partial charge in [0.1, 0.15) is 5.82 Å². The Morgan fingerprint density at radius 2 is 1.87 bits per heavy atom. The second-order valence-electron chi connectivity index (χ2n) is 5.15. The molecule has 0 unspecified atom stereocenters. The van der Waals surface area contributed by atoms with E-state index in [4.69, 9.17) is 5.26 Å². The van der Waals surface area contributed by atoms with Crippen LogP contribution in [0.25, 0.3) is 11.6 Å². The molecule has 0 radical (unpaired) electrons. The maximum absolute atomic E-state index is 13.1. The Bertz CT molecular complexity index is 839. The number of aromatic nitrogens is 2. The monoisotopic (exact) mass is 303 g/mol. The van der Waals surface area contributed by atoms with Gasteiger partial charge in [0.25, 0.3) is 0 Å². The number of rotatable bonds is 4. The molecule has 3 rings (SSSR count). The molecule has 0 aliphatic rings. The Morgan fingerprint density at radius 1 is 1.13 bits per heavy atom. The normalized spacial score (nSPS) is 11.2. The Hall–Kier alpha value is -3.19. The molecule has 0 atom stereocenters. The second-order valence-corrected chi connectivity index (χ2v) is 5.15. The lowest BCUT2D eigenvalue weighted by molar-refractivity contribution is 0.628. The van der Waals surface area contributed by atoms with E-state index in [1.807, 2.05) is 29.0 Å². The maximum Gasteiger partial charge on any atom is 0.123 e. The van der Waals surface area contributed by atoms with Crippen molar-refractivity contribution < 1.29 is 4.39 Å². The zero-order valence-corrected chi connectivity index (χ0v) is 12.4. The van der Waals surface area contributed by atoms with E-state index in [0.29, 0.717) is 12.1 Å². The van der Waals surface area contributed by atoms with Crippen LogP contribution in [0.3, 0.4) is 0 Å². The van der Waals surface area contributed by atoms with Crippen molar-refractivity contribution >= 4 is 11.6 Å². The minimum absolute atomic E-state index is 0.253. The first-order chi connectivity index (χ1) is 11.2. The summed E-state index contributed by atoms with van der Waals surface area (Å²) in [7, 11) is 0. The van der Waals surface area contributed by atoms with Crippen molar-refractivity contribution in [3.05, 3.63) is 89.8 Å². The third kappa shape index (κ3) is 3.72. The summed E-state index contributed by atoms with van der Waals surface area (Å²) in [5, 5.41) is 8.92. The van der Waals surface area contributed by atoms with Gasteiger partial charge in [0.05, 0.1) is 18.0 Å². The number of benzene rings is 2. The number of imidazole rings is 1. The first kappa shape index (κ1) is 14.7. The van der Waals surface area contributed by atoms with Crippen LogP contribution in [0.15, 0.2) is 67.3 Å². The molecule has 0 aliphatic heterocycles. The van der Waals surface area contributed by atoms with Crippen molar-refractivity contribution in [2.75, 3.05) is 0 Å². The van der Waals surface area contributed by atoms with Gasteiger partial charge in [-0.05, 0) is 47.0 Å². The average molecular weight is 303 g/mol. The number of hydrogen-bond acceptors (Lipinski definition) is 2. The molecule has 0 aliphatic carbocycles. The molecule has 0 N–H and O–H groups in total. The minimum Gasteiger partial charge on any atom is -0.333 e. The van der Waals surface area contributed by atoms with Crippen molar-refractivity contribution in [1.29, 1.82) is 5.26 Å². The molecule has 0 bridgehead atoms. The Morgan fingerprint density at radius 3 is 2.48 bits per heavy atom. The third-order valence-corrected chi connectivity index (χ3v) is 3.51. The van der Waals surface area contributed by atoms with Crippen molar-refractivity contribution in [3.8, 4) is 6.07 Å². The van der Waals surface area contributed by atoms with Crippen molar-refractivity contribution in [1.82, 2.24) is 9.55 Å². The predicted octanol–water partition coefficient (Wildman–Crippen LogP) is 4.13. The largest absolute Gasteiger partial charge is 0.333 e. The Kier molecular flexibility index (Phi) is 4.30. The van der Waals surface area contributed by atoms with Gasteiger partial charge >= 0.3 is 0 Å². The highest BCUT2D eigenvalue weighted by atomic mass is 19.1. The van der Waals surface area contributed by atoms with E-state index >= 15 is 0 Å². The predicted molar refractivity (Wildman–Crippen MR) is 87.7 cm³/mol. The van der Waals surface area contributed by atoms with Crippen LogP contribution in [0, 0.1) is 17.1 Å². The van der Waals surface area contributed by atoms with E-state index in [-0.39, 0.29) is 5.82 Å². The van der Waals surface area contributed by atoms with Crippen molar-refractivity contribution in [2.45, 2.75) is 6.54 Å². The highest BCUT2D eigenvalue weighted by Crippen LogP contribution is 2.21. The fourth-order valence-electron chi connectivity index (χ4n) is 2.32. The molecule has 0 amide bonds. The summed E-state index contributed by atoms with van der Waals surface area (Å²) in [5.74, 6) is -0.253. The number of hydrogen-bond donors (Lipinski definition) is 0. The van der Waals surface area contributed by atoms with Gasteiger partial charge in [-0.25, -0.2) is 9.37 Å². The van der Waals surface area contributed by atoms with E-state index in [9.17, 15) is 4.39 Å². The molecule has 1 heterocycles. The van der Waals surface area contributed by atoms with Gasteiger partial charge in [-0.15, -0.1) is 0 Å². The molecule has 0 saturated heterocycles. The van der Waals surface area contributed by atoms with Crippen LogP contribution in [0.2, 0.25) is 0 Å². The van der Waals surface area contributed by atoms with E-state index in [1.165, 1.54) is 12.1 Å². The minimum atomic E-state index is -0.253. The zero-order valence-electron chi connectivity index (χ0n) is 12.4. The molecule has 4 heteroatoms. The van der Waals surface area contributed by atoms with Crippen LogP contribution in [0.1, 0.15) is 16.7 Å². The molecular weight excluding hydrogens is 289 g/mol. The summed E-state index contributed by atoms with van der Waals surface area (Å²) >= 11 is 0. The lowest BCUT2D eigenvalue weighted by atomic mass is 10.0. The van der Waals surface area contributed by atoms with Crippen LogP contribution < -0.4 is 0 Å². The molecule has 2 aromatic carbocycles. The quantitative estimate of drug-likeness (QED) is 0.680. The van der Waals surface area contributed by atoms with E-state index in [0.717, 1.165) is 16.7 Å². The topological polar surface area (TPSA) is 41.6 Å². The summed E-state index contributed by atoms with van der Waals surface area (Å²) in [6.07, 6.45) is 7.39. The van der Waals surface area contributed by atoms with Crippen molar-refractivity contribution in [2.24, 2.45) is 0 Å². The van der Waals surface area contributed by atoms with Gasteiger partial charge in [-0.2, -0.15) is 5.26 Å². The summed E-state index contributed by atoms with van der Waals surface area (Å²) in [4.78, 5) is 4.06. The van der Waals surface area contributed by atoms with Gasteiger partial charge in [-0.1, -0.05) is 24.3 Å². The van der Waals surface area contributed by atoms with E-state index in [2.05, 4.69) is 11.1 Å². The SMILES string of the molecule is N#Cc1ccc(/C(=C\c2ccc(F)cc2)Cn2ccnc2)cc1. The standard InChI is InChI=1S/C19H14FN3/c20-19-7-3-15(4-8-19)11-18(13-23-10-9-22-14-23)17-5-1-16(12-21)2-6-17/h1-11,14H,13H2/b18-11-. The summed E-state index contributed by atoms with van der Waals surface area (Å²) in [5.41, 5.74) is 3.62. The molecule has 112 valence electrons. The van der Waals surface area contributed by atoms with Crippen LogP contribution in [0.4, 0.5) is 4.39 Å². The highest BCUT2D eigenvalue weighted by molar-refractivity contribution is 5.81. The van der Waals surface area contributed by atoms with Gasteiger partial charge in [0.15, 0.2) is 0 Å². The van der Waals surface area contributed by atoms with Crippen LogP contribution >= 0.6 is 0 Å². The molecule has 0 spiro atoms. The Labute approximate surface area is 134 Å². The molecular formula is C19H14FN3. The summed E-state index contributed by atoms with van der Waals surface area (Å²) in [6, 6.07) is 15.9. The molecule has 3 nitrogen and oxygen atoms in total. The van der Waals surface area contributed by atoms with E-state index < -0.39 is 0 Å². The molecule has 3 aromatic rings. The molecule has 0 saturated carbocycles. The molecule has 23 heavy (non-hydrogen) atoms. The number of nitrogens with zero attached hydrogens (tertiary/aromatic N) is 3. The fourth-order valence-corrected chi connectivity index (χ4v) is 2.32. The van der Waals surface area contributed by atoms with Gasteiger partial charge < -0.3 is 4.57 Å². The zero-order chi connectivity index (χ0) is 16.1. The number of halogens is 1. The number of nitriles is 1. The van der Waals surface area contributed by atoms with Gasteiger partial charge in [-0.3, -0.25) is 0 Å². The first-order valence-corrected chi connectivity index (χ1v) is 7.17. The van der Waals surface area contributed by atoms with Crippen LogP contribution in [-0.2, 0) is 6.54 Å². The molecule has 1 aromatic heterocycles. The lowest BCUT2D eigenvalue weighted by Crippen LogP contribution is -1.98. The maximum atomic E-state index is 13.1. The van der Waals surface area contributed by atoms with E-state index in [1.54, 1.807) is 36.8 Å². The summed E-state index contributed by atoms with van der Waals surface area (Å²) in [6.45, 7) is 0.642. The van der Waals surface area contributed by atoms with Gasteiger partial charge in [0, 0.05) is 18.9 Å². The number of allylic oxidation sites excluding steroid dienone is 1. The Balaban J connectivity index is 1.98. The lowest BCUT2D eigenvalue weighted by Gasteiger charge is -2.10.